The minimum absolute atomic E-state index is 0.389. The third-order valence-electron chi connectivity index (χ3n) is 3.35. The van der Waals surface area contributed by atoms with Crippen LogP contribution in [-0.2, 0) is 4.74 Å². The average molecular weight is 354 g/mol. The van der Waals surface area contributed by atoms with Gasteiger partial charge in [-0.25, -0.2) is 9.78 Å². The summed E-state index contributed by atoms with van der Waals surface area (Å²) >= 11 is 1.54. The van der Waals surface area contributed by atoms with Crippen LogP contribution < -0.4 is 5.32 Å². The fourth-order valence-corrected chi connectivity index (χ4v) is 3.06. The summed E-state index contributed by atoms with van der Waals surface area (Å²) in [6.45, 7) is 5.23. The Morgan fingerprint density at radius 3 is 2.56 bits per heavy atom. The van der Waals surface area contributed by atoms with Crippen molar-refractivity contribution in [2.24, 2.45) is 0 Å². The first-order valence-corrected chi connectivity index (χ1v) is 8.69. The Balaban J connectivity index is 1.99. The maximum Gasteiger partial charge on any atom is 0.414 e. The number of thiophene rings is 1. The van der Waals surface area contributed by atoms with Crippen LogP contribution in [0.4, 0.5) is 4.79 Å². The molecule has 0 atom stereocenters. The number of nitrogens with one attached hydrogen (secondary N) is 1. The molecule has 0 spiro atoms. The van der Waals surface area contributed by atoms with Crippen LogP contribution in [0.3, 0.4) is 0 Å². The van der Waals surface area contributed by atoms with Crippen molar-refractivity contribution in [1.29, 1.82) is 0 Å². The predicted molar refractivity (Wildman–Crippen MR) is 98.8 cm³/mol. The molecule has 0 saturated carbocycles. The molecule has 2 amide bonds. The number of benzene rings is 1. The van der Waals surface area contributed by atoms with Gasteiger partial charge in [-0.15, -0.1) is 11.3 Å². The molecule has 0 unspecified atom stereocenters. The summed E-state index contributed by atoms with van der Waals surface area (Å²) in [4.78, 5) is 30.1. The molecule has 0 aliphatic heterocycles. The smallest absolute Gasteiger partial charge is 0.414 e. The number of para-hydroxylation sites is 1. The Bertz CT molecular complexity index is 927. The first-order chi connectivity index (χ1) is 11.8. The second kappa shape index (κ2) is 6.64. The number of nitrogens with zero attached hydrogens (tertiary/aromatic N) is 1. The van der Waals surface area contributed by atoms with Gasteiger partial charge in [-0.1, -0.05) is 24.3 Å². The average Bonchev–Trinajstić information content (AvgIpc) is 3.06. The van der Waals surface area contributed by atoms with E-state index in [9.17, 15) is 9.59 Å². The van der Waals surface area contributed by atoms with E-state index in [1.165, 1.54) is 0 Å². The lowest BCUT2D eigenvalue weighted by molar-refractivity contribution is 0.0508. The third kappa shape index (κ3) is 4.03. The van der Waals surface area contributed by atoms with Crippen molar-refractivity contribution in [3.8, 4) is 10.6 Å². The van der Waals surface area contributed by atoms with Gasteiger partial charge in [0.2, 0.25) is 0 Å². The number of fused-ring (bicyclic) bond motifs is 1. The maximum atomic E-state index is 12.6. The van der Waals surface area contributed by atoms with Gasteiger partial charge in [-0.05, 0) is 44.4 Å². The summed E-state index contributed by atoms with van der Waals surface area (Å²) in [5, 5.41) is 4.93. The van der Waals surface area contributed by atoms with Gasteiger partial charge in [-0.3, -0.25) is 10.1 Å². The molecule has 0 saturated heterocycles. The minimum atomic E-state index is -0.768. The van der Waals surface area contributed by atoms with Crippen molar-refractivity contribution in [2.45, 2.75) is 26.4 Å². The van der Waals surface area contributed by atoms with Crippen molar-refractivity contribution >= 4 is 34.2 Å². The topological polar surface area (TPSA) is 68.3 Å². The standard InChI is InChI=1S/C19H18N2O3S/c1-19(2,3)24-18(23)21-17(22)13-11-15(16-9-6-10-25-16)20-14-8-5-4-7-12(13)14/h4-11H,1-3H3,(H,21,22,23). The van der Waals surface area contributed by atoms with E-state index >= 15 is 0 Å². The van der Waals surface area contributed by atoms with Crippen LogP contribution in [0.5, 0.6) is 0 Å². The molecule has 2 aromatic heterocycles. The van der Waals surface area contributed by atoms with Gasteiger partial charge < -0.3 is 4.74 Å². The summed E-state index contributed by atoms with van der Waals surface area (Å²) in [6, 6.07) is 12.9. The monoisotopic (exact) mass is 354 g/mol. The largest absolute Gasteiger partial charge is 0.444 e. The molecule has 5 nitrogen and oxygen atoms in total. The summed E-state index contributed by atoms with van der Waals surface area (Å²) in [7, 11) is 0. The molecule has 0 bridgehead atoms. The van der Waals surface area contributed by atoms with Crippen LogP contribution in [0.1, 0.15) is 31.1 Å². The van der Waals surface area contributed by atoms with E-state index in [0.29, 0.717) is 22.2 Å². The highest BCUT2D eigenvalue weighted by molar-refractivity contribution is 7.13. The van der Waals surface area contributed by atoms with Crippen LogP contribution in [0.15, 0.2) is 47.8 Å². The number of rotatable bonds is 2. The van der Waals surface area contributed by atoms with Gasteiger partial charge in [0.05, 0.1) is 21.7 Å². The number of hydrogen-bond donors (Lipinski definition) is 1. The first-order valence-electron chi connectivity index (χ1n) is 7.81. The molecule has 0 aliphatic rings. The summed E-state index contributed by atoms with van der Waals surface area (Å²) in [6.07, 6.45) is -0.768. The molecule has 6 heteroatoms. The van der Waals surface area contributed by atoms with E-state index in [2.05, 4.69) is 10.3 Å². The minimum Gasteiger partial charge on any atom is -0.444 e. The lowest BCUT2D eigenvalue weighted by Gasteiger charge is -2.19. The zero-order valence-electron chi connectivity index (χ0n) is 14.2. The quantitative estimate of drug-likeness (QED) is 0.728. The van der Waals surface area contributed by atoms with Crippen LogP contribution in [0.25, 0.3) is 21.5 Å². The highest BCUT2D eigenvalue weighted by Crippen LogP contribution is 2.27. The number of amides is 2. The van der Waals surface area contributed by atoms with Gasteiger partial charge in [0.25, 0.3) is 5.91 Å². The van der Waals surface area contributed by atoms with Crippen LogP contribution in [0.2, 0.25) is 0 Å². The molecule has 2 heterocycles. The Labute approximate surface area is 149 Å². The first kappa shape index (κ1) is 17.1. The van der Waals surface area contributed by atoms with Crippen molar-refractivity contribution < 1.29 is 14.3 Å². The number of alkyl carbamates (subject to hydrolysis) is 1. The Hall–Kier alpha value is -2.73. The van der Waals surface area contributed by atoms with Gasteiger partial charge >= 0.3 is 6.09 Å². The molecule has 128 valence electrons. The molecule has 25 heavy (non-hydrogen) atoms. The van der Waals surface area contributed by atoms with E-state index in [1.807, 2.05) is 41.8 Å². The Kier molecular flexibility index (Phi) is 4.55. The zero-order valence-corrected chi connectivity index (χ0v) is 15.0. The van der Waals surface area contributed by atoms with Crippen molar-refractivity contribution in [1.82, 2.24) is 10.3 Å². The number of pyridine rings is 1. The van der Waals surface area contributed by atoms with Crippen molar-refractivity contribution in [2.75, 3.05) is 0 Å². The van der Waals surface area contributed by atoms with E-state index in [0.717, 1.165) is 4.88 Å². The van der Waals surface area contributed by atoms with E-state index in [1.54, 1.807) is 38.2 Å². The fourth-order valence-electron chi connectivity index (χ4n) is 2.38. The number of aromatic nitrogens is 1. The fraction of sp³-hybridized carbons (Fsp3) is 0.211. The number of ether oxygens (including phenoxy) is 1. The van der Waals surface area contributed by atoms with Gasteiger partial charge in [0.15, 0.2) is 0 Å². The number of hydrogen-bond acceptors (Lipinski definition) is 5. The molecule has 0 fully saturated rings. The molecule has 3 aromatic rings. The highest BCUT2D eigenvalue weighted by atomic mass is 32.1. The van der Waals surface area contributed by atoms with Crippen LogP contribution in [0, 0.1) is 0 Å². The van der Waals surface area contributed by atoms with E-state index in [4.69, 9.17) is 4.74 Å². The number of imide groups is 1. The molecular weight excluding hydrogens is 336 g/mol. The summed E-state index contributed by atoms with van der Waals surface area (Å²) in [5.74, 6) is -0.509. The van der Waals surface area contributed by atoms with Crippen LogP contribution in [-0.4, -0.2) is 22.6 Å². The van der Waals surface area contributed by atoms with Gasteiger partial charge in [0.1, 0.15) is 5.60 Å². The second-order valence-corrected chi connectivity index (χ2v) is 7.45. The number of carbonyl (C=O) groups excluding carboxylic acids is 2. The Morgan fingerprint density at radius 2 is 1.88 bits per heavy atom. The summed E-state index contributed by atoms with van der Waals surface area (Å²) < 4.78 is 5.16. The molecule has 1 N–H and O–H groups in total. The molecule has 0 aliphatic carbocycles. The lowest BCUT2D eigenvalue weighted by Crippen LogP contribution is -2.36. The van der Waals surface area contributed by atoms with Crippen LogP contribution >= 0.6 is 11.3 Å². The van der Waals surface area contributed by atoms with E-state index < -0.39 is 17.6 Å². The molecule has 0 radical (unpaired) electrons. The van der Waals surface area contributed by atoms with Gasteiger partial charge in [0, 0.05) is 5.39 Å². The highest BCUT2D eigenvalue weighted by Gasteiger charge is 2.21. The normalized spacial score (nSPS) is 11.3. The lowest BCUT2D eigenvalue weighted by atomic mass is 10.1. The maximum absolute atomic E-state index is 12.6. The SMILES string of the molecule is CC(C)(C)OC(=O)NC(=O)c1cc(-c2cccs2)nc2ccccc12. The molecule has 1 aromatic carbocycles. The Morgan fingerprint density at radius 1 is 1.12 bits per heavy atom. The van der Waals surface area contributed by atoms with Crippen molar-refractivity contribution in [3.05, 3.63) is 53.4 Å². The predicted octanol–water partition coefficient (Wildman–Crippen LogP) is 4.63. The third-order valence-corrected chi connectivity index (χ3v) is 4.24. The van der Waals surface area contributed by atoms with Crippen molar-refractivity contribution in [3.63, 3.8) is 0 Å². The summed E-state index contributed by atoms with van der Waals surface area (Å²) in [5.41, 5.74) is 1.11. The molecular formula is C19H18N2O3S. The second-order valence-electron chi connectivity index (χ2n) is 6.51. The molecule has 3 rings (SSSR count). The van der Waals surface area contributed by atoms with E-state index in [-0.39, 0.29) is 0 Å². The van der Waals surface area contributed by atoms with Gasteiger partial charge in [-0.2, -0.15) is 0 Å². The zero-order chi connectivity index (χ0) is 18.0. The number of carbonyl (C=O) groups is 2.